The van der Waals surface area contributed by atoms with Gasteiger partial charge in [-0.2, -0.15) is 32.1 Å². The number of fused-ring (bicyclic) bond motifs is 4. The van der Waals surface area contributed by atoms with Crippen LogP contribution in [0.5, 0.6) is 0 Å². The quantitative estimate of drug-likeness (QED) is 0.0869. The Labute approximate surface area is 374 Å². The molecule has 348 valence electrons. The summed E-state index contributed by atoms with van der Waals surface area (Å²) in [5.74, 6) is -4.50. The minimum Gasteiger partial charge on any atom is -0.298 e. The van der Waals surface area contributed by atoms with E-state index < -0.39 is 135 Å². The molecule has 0 radical (unpaired) electrons. The molecular weight excluding hydrogens is 953 g/mol. The van der Waals surface area contributed by atoms with E-state index in [2.05, 4.69) is 27.0 Å². The first-order chi connectivity index (χ1) is 29.8. The van der Waals surface area contributed by atoms with Gasteiger partial charge in [-0.1, -0.05) is 23.6 Å². The van der Waals surface area contributed by atoms with Gasteiger partial charge >= 0.3 is 6.18 Å². The topological polar surface area (TPSA) is 171 Å². The number of alkyl halides is 5. The van der Waals surface area contributed by atoms with Gasteiger partial charge in [-0.25, -0.2) is 39.0 Å². The third-order valence-corrected chi connectivity index (χ3v) is 16.7. The van der Waals surface area contributed by atoms with Crippen LogP contribution < -0.4 is 3.71 Å². The summed E-state index contributed by atoms with van der Waals surface area (Å²) < 4.78 is 180. The van der Waals surface area contributed by atoms with Gasteiger partial charge in [0, 0.05) is 47.3 Å². The molecule has 2 aromatic carbocycles. The Morgan fingerprint density at radius 2 is 1.55 bits per heavy atom. The van der Waals surface area contributed by atoms with E-state index in [-0.39, 0.29) is 42.9 Å². The third kappa shape index (κ3) is 9.36. The SMILES string of the molecule is Cc1nn(CC(=O)C[C@@H](Cc2cc(F)cc(F)c2)c2nc(C#CC(C)(C)S(C)(=O)=O)ccc2-c2ccc(Cl)c3c(N(S(C)(=O)=O)S(C)(=O)=O)nn(CC(F)(F)F)c23)c2c1[C@H]1C[C@H]1C2(F)F. The van der Waals surface area contributed by atoms with Gasteiger partial charge < -0.3 is 0 Å². The molecule has 0 spiro atoms. The van der Waals surface area contributed by atoms with E-state index in [4.69, 9.17) is 11.6 Å². The molecule has 3 aromatic heterocycles. The number of pyridine rings is 1. The van der Waals surface area contributed by atoms with E-state index in [1.807, 2.05) is 0 Å². The van der Waals surface area contributed by atoms with Gasteiger partial charge in [-0.3, -0.25) is 14.2 Å². The number of aromatic nitrogens is 5. The first-order valence-electron chi connectivity index (χ1n) is 19.4. The molecule has 0 bridgehead atoms. The van der Waals surface area contributed by atoms with Crippen LogP contribution in [0.3, 0.4) is 0 Å². The molecule has 1 fully saturated rings. The first-order valence-corrected chi connectivity index (χ1v) is 25.4. The van der Waals surface area contributed by atoms with Crippen molar-refractivity contribution in [3.63, 3.8) is 0 Å². The molecule has 3 atom stereocenters. The number of carbonyl (C=O) groups excluding carboxylic acids is 1. The summed E-state index contributed by atoms with van der Waals surface area (Å²) in [5, 5.41) is 7.06. The molecule has 5 aromatic rings. The minimum atomic E-state index is -5.07. The van der Waals surface area contributed by atoms with Crippen LogP contribution >= 0.6 is 11.6 Å². The zero-order valence-corrected chi connectivity index (χ0v) is 38.3. The van der Waals surface area contributed by atoms with E-state index in [1.165, 1.54) is 32.0 Å². The maximum absolute atomic E-state index is 15.5. The second-order valence-corrected chi connectivity index (χ2v) is 23.7. The summed E-state index contributed by atoms with van der Waals surface area (Å²) in [6, 6.07) is 7.31. The molecule has 0 aliphatic heterocycles. The number of nitrogens with zero attached hydrogens (tertiary/aromatic N) is 6. The predicted molar refractivity (Wildman–Crippen MR) is 226 cm³/mol. The third-order valence-electron chi connectivity index (χ3n) is 11.3. The standard InChI is InChI=1S/C41H38ClF7N6O7S3/c1-21-33-30-18-31(30)41(48,49)37(33)53(51-21)19-27(56)16-23(13-22-14-24(43)17-25(44)15-22)35-28(8-7-26(50-35)11-12-39(2,3)63(4,57)58)29-9-10-32(42)34-36(29)54(20-40(45,46)47)52-38(34)55(64(5,59)60)65(6,61)62/h7-10,14-15,17,23,30-31H,13,16,18-20H2,1-6H3/t23-,30+,31-/m1/s1. The summed E-state index contributed by atoms with van der Waals surface area (Å²) in [4.78, 5) is 18.9. The number of anilines is 1. The van der Waals surface area contributed by atoms with E-state index in [0.29, 0.717) is 29.8 Å². The molecule has 0 saturated heterocycles. The van der Waals surface area contributed by atoms with Crippen LogP contribution in [-0.4, -0.2) is 85.3 Å². The summed E-state index contributed by atoms with van der Waals surface area (Å²) in [7, 11) is -13.5. The lowest BCUT2D eigenvalue weighted by Gasteiger charge is -2.22. The van der Waals surface area contributed by atoms with Crippen molar-refractivity contribution in [2.45, 2.75) is 81.8 Å². The summed E-state index contributed by atoms with van der Waals surface area (Å²) >= 11 is 6.54. The number of rotatable bonds is 13. The van der Waals surface area contributed by atoms with Crippen molar-refractivity contribution in [2.24, 2.45) is 5.92 Å². The van der Waals surface area contributed by atoms with Crippen LogP contribution in [0.25, 0.3) is 22.0 Å². The summed E-state index contributed by atoms with van der Waals surface area (Å²) in [6.45, 7) is 1.54. The largest absolute Gasteiger partial charge is 0.408 e. The normalized spacial score (nSPS) is 17.6. The Morgan fingerprint density at radius 3 is 2.14 bits per heavy atom. The van der Waals surface area contributed by atoms with E-state index >= 15 is 8.78 Å². The maximum Gasteiger partial charge on any atom is 0.408 e. The highest BCUT2D eigenvalue weighted by Gasteiger charge is 2.66. The number of ketones is 1. The monoisotopic (exact) mass is 990 g/mol. The van der Waals surface area contributed by atoms with Crippen molar-refractivity contribution in [1.82, 2.24) is 24.5 Å². The zero-order valence-electron chi connectivity index (χ0n) is 35.1. The zero-order chi connectivity index (χ0) is 48.1. The highest BCUT2D eigenvalue weighted by Crippen LogP contribution is 2.67. The molecule has 0 N–H and O–H groups in total. The van der Waals surface area contributed by atoms with Crippen LogP contribution in [-0.2, 0) is 60.1 Å². The van der Waals surface area contributed by atoms with E-state index in [1.54, 1.807) is 6.92 Å². The van der Waals surface area contributed by atoms with Crippen molar-refractivity contribution in [1.29, 1.82) is 0 Å². The highest BCUT2D eigenvalue weighted by molar-refractivity contribution is 8.09. The maximum atomic E-state index is 15.5. The van der Waals surface area contributed by atoms with Gasteiger partial charge in [-0.05, 0) is 81.3 Å². The second kappa shape index (κ2) is 16.1. The van der Waals surface area contributed by atoms with Gasteiger partial charge in [0.15, 0.2) is 21.4 Å². The Kier molecular flexibility index (Phi) is 11.9. The fourth-order valence-electron chi connectivity index (χ4n) is 8.22. The number of benzene rings is 2. The summed E-state index contributed by atoms with van der Waals surface area (Å²) in [5.41, 5.74) is -1.09. The number of carbonyl (C=O) groups is 1. The second-order valence-electron chi connectivity index (χ2n) is 16.8. The molecule has 2 aliphatic carbocycles. The van der Waals surface area contributed by atoms with Crippen molar-refractivity contribution in [3.8, 4) is 23.0 Å². The van der Waals surface area contributed by atoms with Crippen molar-refractivity contribution in [3.05, 3.63) is 93.0 Å². The lowest BCUT2D eigenvalue weighted by Crippen LogP contribution is -2.36. The fourth-order valence-corrected chi connectivity index (χ4v) is 11.5. The molecule has 3 heterocycles. The van der Waals surface area contributed by atoms with Crippen molar-refractivity contribution >= 4 is 64.0 Å². The number of Topliss-reactive ketones (excluding diaryl/α,β-unsaturated/α-hetero) is 1. The molecule has 0 amide bonds. The van der Waals surface area contributed by atoms with Crippen LogP contribution in [0, 0.1) is 36.3 Å². The number of hydrogen-bond donors (Lipinski definition) is 0. The molecule has 1 saturated carbocycles. The Morgan fingerprint density at radius 1 is 0.938 bits per heavy atom. The van der Waals surface area contributed by atoms with Crippen LogP contribution in [0.2, 0.25) is 5.02 Å². The van der Waals surface area contributed by atoms with Crippen LogP contribution in [0.4, 0.5) is 36.6 Å². The lowest BCUT2D eigenvalue weighted by atomic mass is 9.86. The Balaban J connectivity index is 1.49. The van der Waals surface area contributed by atoms with Gasteiger partial charge in [0.25, 0.3) is 5.92 Å². The van der Waals surface area contributed by atoms with E-state index in [0.717, 1.165) is 29.1 Å². The average molecular weight is 991 g/mol. The van der Waals surface area contributed by atoms with Gasteiger partial charge in [0.05, 0.1) is 39.8 Å². The molecule has 2 aliphatic rings. The number of aryl methyl sites for hydroxylation is 1. The smallest absolute Gasteiger partial charge is 0.298 e. The van der Waals surface area contributed by atoms with Crippen molar-refractivity contribution in [2.75, 3.05) is 22.5 Å². The first kappa shape index (κ1) is 47.9. The lowest BCUT2D eigenvalue weighted by molar-refractivity contribution is -0.141. The molecule has 24 heteroatoms. The van der Waals surface area contributed by atoms with E-state index in [9.17, 15) is 52.0 Å². The van der Waals surface area contributed by atoms with Gasteiger partial charge in [0.2, 0.25) is 20.0 Å². The number of sulfone groups is 1. The number of sulfonamides is 2. The number of halogens is 8. The van der Waals surface area contributed by atoms with Gasteiger partial charge in [-0.15, -0.1) is 3.71 Å². The van der Waals surface area contributed by atoms with Crippen LogP contribution in [0.15, 0.2) is 42.5 Å². The fraction of sp³-hybridized carbons (Fsp3) is 0.415. The van der Waals surface area contributed by atoms with Crippen LogP contribution in [0.1, 0.15) is 72.4 Å². The molecule has 0 unspecified atom stereocenters. The Bertz CT molecular complexity index is 3180. The molecule has 13 nitrogen and oxygen atoms in total. The average Bonchev–Trinajstić information content (AvgIpc) is 3.69. The highest BCUT2D eigenvalue weighted by atomic mass is 35.5. The minimum absolute atomic E-state index is 0.0483. The predicted octanol–water partition coefficient (Wildman–Crippen LogP) is 7.19. The van der Waals surface area contributed by atoms with Gasteiger partial charge in [0.1, 0.15) is 40.9 Å². The Hall–Kier alpha value is -5.05. The molecule has 7 rings (SSSR count). The molecule has 65 heavy (non-hydrogen) atoms. The molecular formula is C41H38ClF7N6O7S3. The van der Waals surface area contributed by atoms with Crippen molar-refractivity contribution < 1.29 is 60.8 Å². The number of hydrogen-bond acceptors (Lipinski definition) is 10. The summed E-state index contributed by atoms with van der Waals surface area (Å²) in [6.07, 6.45) is -3.97.